The van der Waals surface area contributed by atoms with Gasteiger partial charge in [0.1, 0.15) is 35.9 Å². The van der Waals surface area contributed by atoms with E-state index >= 15 is 0 Å². The highest BCUT2D eigenvalue weighted by Crippen LogP contribution is 2.15. The van der Waals surface area contributed by atoms with E-state index in [4.69, 9.17) is 18.9 Å². The molecular formula is C28H40N2O7. The summed E-state index contributed by atoms with van der Waals surface area (Å²) in [6.07, 6.45) is -2.40. The number of ether oxygens (including phenoxy) is 4. The Kier molecular flexibility index (Phi) is 11.1. The minimum Gasteiger partial charge on any atom is -0.491 e. The zero-order valence-corrected chi connectivity index (χ0v) is 22.5. The number of rotatable bonds is 11. The number of para-hydroxylation sites is 2. The second kappa shape index (κ2) is 13.7. The first kappa shape index (κ1) is 29.8. The predicted molar refractivity (Wildman–Crippen MR) is 141 cm³/mol. The summed E-state index contributed by atoms with van der Waals surface area (Å²) < 4.78 is 22.4. The van der Waals surface area contributed by atoms with Crippen LogP contribution in [0.3, 0.4) is 0 Å². The number of amides is 2. The number of hydrogen-bond acceptors (Lipinski definition) is 7. The van der Waals surface area contributed by atoms with Gasteiger partial charge in [-0.2, -0.15) is 0 Å². The van der Waals surface area contributed by atoms with Crippen molar-refractivity contribution < 1.29 is 33.6 Å². The zero-order valence-electron chi connectivity index (χ0n) is 22.5. The summed E-state index contributed by atoms with van der Waals surface area (Å²) in [5, 5.41) is 16.6. The summed E-state index contributed by atoms with van der Waals surface area (Å²) >= 11 is 0. The van der Waals surface area contributed by atoms with Gasteiger partial charge in [0.25, 0.3) is 0 Å². The lowest BCUT2D eigenvalue weighted by molar-refractivity contribution is 0.0286. The van der Waals surface area contributed by atoms with Crippen LogP contribution in [0.15, 0.2) is 60.7 Å². The minimum absolute atomic E-state index is 0.0247. The van der Waals surface area contributed by atoms with Crippen LogP contribution in [0.5, 0.6) is 11.5 Å². The highest BCUT2D eigenvalue weighted by atomic mass is 16.6. The van der Waals surface area contributed by atoms with Gasteiger partial charge in [0.05, 0.1) is 18.2 Å². The maximum absolute atomic E-state index is 12.5. The Hall–Kier alpha value is -3.46. The molecule has 9 heteroatoms. The Morgan fingerprint density at radius 2 is 1.16 bits per heavy atom. The molecule has 0 aliphatic carbocycles. The lowest BCUT2D eigenvalue weighted by Gasteiger charge is -2.29. The maximum atomic E-state index is 12.5. The molecule has 9 nitrogen and oxygen atoms in total. The van der Waals surface area contributed by atoms with Gasteiger partial charge >= 0.3 is 12.2 Å². The second-order valence-electron chi connectivity index (χ2n) is 10.6. The molecule has 2 rings (SSSR count). The molecule has 0 heterocycles. The van der Waals surface area contributed by atoms with E-state index in [1.807, 2.05) is 36.4 Å². The lowest BCUT2D eigenvalue weighted by Crippen LogP contribution is -2.52. The first-order valence-corrected chi connectivity index (χ1v) is 12.3. The van der Waals surface area contributed by atoms with Gasteiger partial charge in [0, 0.05) is 0 Å². The summed E-state index contributed by atoms with van der Waals surface area (Å²) in [5.74, 6) is 1.20. The molecule has 2 aromatic rings. The molecule has 204 valence electrons. The van der Waals surface area contributed by atoms with Gasteiger partial charge in [-0.25, -0.2) is 9.59 Å². The average Bonchev–Trinajstić information content (AvgIpc) is 2.79. The van der Waals surface area contributed by atoms with Crippen molar-refractivity contribution in [2.45, 2.75) is 77.4 Å². The third-order valence-electron chi connectivity index (χ3n) is 4.78. The number of aliphatic hydroxyl groups is 1. The monoisotopic (exact) mass is 516 g/mol. The third-order valence-corrected chi connectivity index (χ3v) is 4.78. The first-order valence-electron chi connectivity index (χ1n) is 12.3. The van der Waals surface area contributed by atoms with Crippen LogP contribution >= 0.6 is 0 Å². The zero-order chi connectivity index (χ0) is 27.5. The maximum Gasteiger partial charge on any atom is 0.408 e. The molecule has 0 radical (unpaired) electrons. The standard InChI is InChI=1S/C28H40N2O7/c1-27(2,3)36-25(32)29-20(18-34-21-13-9-7-10-14-21)17-24(31)23(30-26(33)37-28(4,5)6)19-35-22-15-11-8-12-16-22/h7-16,20,23-24,31H,17-19H2,1-6H3,(H,29,32)(H,30,33)/t20-,23+,24-/m1/s1. The Morgan fingerprint density at radius 1 is 0.730 bits per heavy atom. The molecule has 3 atom stereocenters. The van der Waals surface area contributed by atoms with E-state index in [1.165, 1.54) is 0 Å². The first-order chi connectivity index (χ1) is 17.3. The Labute approximate surface area is 219 Å². The highest BCUT2D eigenvalue weighted by Gasteiger charge is 2.29. The number of carbonyl (C=O) groups is 2. The summed E-state index contributed by atoms with van der Waals surface area (Å²) in [5.41, 5.74) is -1.41. The summed E-state index contributed by atoms with van der Waals surface area (Å²) in [4.78, 5) is 25.0. The van der Waals surface area contributed by atoms with Crippen molar-refractivity contribution in [3.8, 4) is 11.5 Å². The molecule has 0 saturated carbocycles. The van der Waals surface area contributed by atoms with Crippen LogP contribution < -0.4 is 20.1 Å². The number of nitrogens with one attached hydrogen (secondary N) is 2. The van der Waals surface area contributed by atoms with Gasteiger partial charge < -0.3 is 34.7 Å². The summed E-state index contributed by atoms with van der Waals surface area (Å²) in [7, 11) is 0. The van der Waals surface area contributed by atoms with Crippen LogP contribution in [-0.2, 0) is 9.47 Å². The van der Waals surface area contributed by atoms with E-state index in [2.05, 4.69) is 10.6 Å². The van der Waals surface area contributed by atoms with Crippen molar-refractivity contribution in [1.82, 2.24) is 10.6 Å². The Balaban J connectivity index is 2.14. The quantitative estimate of drug-likeness (QED) is 0.397. The largest absolute Gasteiger partial charge is 0.491 e. The highest BCUT2D eigenvalue weighted by molar-refractivity contribution is 5.68. The third kappa shape index (κ3) is 12.9. The molecule has 3 N–H and O–H groups in total. The fourth-order valence-electron chi connectivity index (χ4n) is 3.22. The molecule has 37 heavy (non-hydrogen) atoms. The van der Waals surface area contributed by atoms with E-state index in [1.54, 1.807) is 65.8 Å². The SMILES string of the molecule is CC(C)(C)OC(=O)N[C@@H](COc1ccccc1)C[C@@H](O)[C@H](COc1ccccc1)NC(=O)OC(C)(C)C. The van der Waals surface area contributed by atoms with E-state index in [0.717, 1.165) is 0 Å². The Morgan fingerprint density at radius 3 is 1.62 bits per heavy atom. The summed E-state index contributed by atoms with van der Waals surface area (Å²) in [6.45, 7) is 10.6. The van der Waals surface area contributed by atoms with Crippen molar-refractivity contribution in [3.63, 3.8) is 0 Å². The molecule has 0 aliphatic heterocycles. The van der Waals surface area contributed by atoms with Crippen LogP contribution in [-0.4, -0.2) is 59.9 Å². The van der Waals surface area contributed by atoms with Crippen LogP contribution in [0.25, 0.3) is 0 Å². The molecule has 0 fully saturated rings. The van der Waals surface area contributed by atoms with Gasteiger partial charge in [0.2, 0.25) is 0 Å². The number of benzene rings is 2. The van der Waals surface area contributed by atoms with Gasteiger partial charge in [-0.1, -0.05) is 36.4 Å². The van der Waals surface area contributed by atoms with Crippen LogP contribution in [0.1, 0.15) is 48.0 Å². The minimum atomic E-state index is -1.12. The molecule has 0 aliphatic rings. The normalized spacial score (nSPS) is 14.0. The van der Waals surface area contributed by atoms with E-state index in [9.17, 15) is 14.7 Å². The second-order valence-corrected chi connectivity index (χ2v) is 10.6. The molecule has 0 spiro atoms. The smallest absolute Gasteiger partial charge is 0.408 e. The molecule has 2 aromatic carbocycles. The van der Waals surface area contributed by atoms with Gasteiger partial charge in [-0.05, 0) is 72.2 Å². The van der Waals surface area contributed by atoms with Gasteiger partial charge in [0.15, 0.2) is 0 Å². The van der Waals surface area contributed by atoms with Crippen molar-refractivity contribution in [3.05, 3.63) is 60.7 Å². The average molecular weight is 517 g/mol. The molecular weight excluding hydrogens is 476 g/mol. The van der Waals surface area contributed by atoms with Crippen LogP contribution in [0.4, 0.5) is 9.59 Å². The van der Waals surface area contributed by atoms with Crippen molar-refractivity contribution >= 4 is 12.2 Å². The fraction of sp³-hybridized carbons (Fsp3) is 0.500. The van der Waals surface area contributed by atoms with E-state index in [0.29, 0.717) is 11.5 Å². The molecule has 0 unspecified atom stereocenters. The summed E-state index contributed by atoms with van der Waals surface area (Å²) in [6, 6.07) is 16.7. The molecule has 0 saturated heterocycles. The lowest BCUT2D eigenvalue weighted by atomic mass is 10.0. The number of alkyl carbamates (subject to hydrolysis) is 2. The van der Waals surface area contributed by atoms with E-state index in [-0.39, 0.29) is 19.6 Å². The van der Waals surface area contributed by atoms with Crippen molar-refractivity contribution in [2.75, 3.05) is 13.2 Å². The molecule has 2 amide bonds. The number of aliphatic hydroxyl groups excluding tert-OH is 1. The Bertz CT molecular complexity index is 956. The predicted octanol–water partition coefficient (Wildman–Crippen LogP) is 4.68. The number of carbonyl (C=O) groups excluding carboxylic acids is 2. The fourth-order valence-corrected chi connectivity index (χ4v) is 3.22. The van der Waals surface area contributed by atoms with Gasteiger partial charge in [-0.3, -0.25) is 0 Å². The van der Waals surface area contributed by atoms with E-state index < -0.39 is 41.6 Å². The van der Waals surface area contributed by atoms with Crippen LogP contribution in [0, 0.1) is 0 Å². The van der Waals surface area contributed by atoms with Gasteiger partial charge in [-0.15, -0.1) is 0 Å². The van der Waals surface area contributed by atoms with Crippen molar-refractivity contribution in [2.24, 2.45) is 0 Å². The number of hydrogen-bond donors (Lipinski definition) is 3. The van der Waals surface area contributed by atoms with Crippen molar-refractivity contribution in [1.29, 1.82) is 0 Å². The molecule has 0 aromatic heterocycles. The topological polar surface area (TPSA) is 115 Å². The van der Waals surface area contributed by atoms with Crippen LogP contribution in [0.2, 0.25) is 0 Å². The molecule has 0 bridgehead atoms.